The van der Waals surface area contributed by atoms with E-state index in [4.69, 9.17) is 14.2 Å². The predicted molar refractivity (Wildman–Crippen MR) is 89.6 cm³/mol. The highest BCUT2D eigenvalue weighted by Gasteiger charge is 2.38. The third-order valence-electron chi connectivity index (χ3n) is 4.51. The topological polar surface area (TPSA) is 48.0 Å². The molecule has 1 fully saturated rings. The van der Waals surface area contributed by atoms with Gasteiger partial charge in [-0.2, -0.15) is 0 Å². The fraction of sp³-hybridized carbons (Fsp3) is 0.611. The first-order valence-corrected chi connectivity index (χ1v) is 8.07. The molecule has 1 amide bonds. The maximum Gasteiger partial charge on any atom is 0.258 e. The monoisotopic (exact) mass is 321 g/mol. The Balaban J connectivity index is 2.43. The standard InChI is InChI=1S/C18H27NO4/c1-11(2)12(3)19(13-7-8-13)18(20)14-9-16(22-5)17(23-6)10-15(14)21-4/h9-13H,7-8H2,1-6H3. The third kappa shape index (κ3) is 3.54. The number of methoxy groups -OCH3 is 3. The smallest absolute Gasteiger partial charge is 0.258 e. The summed E-state index contributed by atoms with van der Waals surface area (Å²) in [4.78, 5) is 15.2. The minimum absolute atomic E-state index is 0.00787. The molecule has 128 valence electrons. The summed E-state index contributed by atoms with van der Waals surface area (Å²) in [7, 11) is 4.69. The van der Waals surface area contributed by atoms with Crippen LogP contribution in [-0.2, 0) is 0 Å². The quantitative estimate of drug-likeness (QED) is 0.772. The zero-order valence-electron chi connectivity index (χ0n) is 14.9. The van der Waals surface area contributed by atoms with Crippen molar-refractivity contribution in [3.63, 3.8) is 0 Å². The number of carbonyl (C=O) groups excluding carboxylic acids is 1. The van der Waals surface area contributed by atoms with Gasteiger partial charge in [-0.15, -0.1) is 0 Å². The van der Waals surface area contributed by atoms with Gasteiger partial charge < -0.3 is 19.1 Å². The molecule has 0 saturated heterocycles. The molecule has 1 atom stereocenters. The molecule has 0 bridgehead atoms. The van der Waals surface area contributed by atoms with Gasteiger partial charge in [0, 0.05) is 24.2 Å². The van der Waals surface area contributed by atoms with E-state index >= 15 is 0 Å². The third-order valence-corrected chi connectivity index (χ3v) is 4.51. The molecule has 1 aliphatic carbocycles. The van der Waals surface area contributed by atoms with Crippen molar-refractivity contribution in [2.45, 2.75) is 45.7 Å². The summed E-state index contributed by atoms with van der Waals surface area (Å²) in [5.41, 5.74) is 0.518. The summed E-state index contributed by atoms with van der Waals surface area (Å²) in [5.74, 6) is 1.98. The largest absolute Gasteiger partial charge is 0.496 e. The van der Waals surface area contributed by atoms with Gasteiger partial charge in [0.25, 0.3) is 5.91 Å². The average molecular weight is 321 g/mol. The second-order valence-corrected chi connectivity index (χ2v) is 6.34. The van der Waals surface area contributed by atoms with E-state index in [0.717, 1.165) is 12.8 Å². The molecule has 5 heteroatoms. The highest BCUT2D eigenvalue weighted by molar-refractivity contribution is 5.98. The molecule has 1 saturated carbocycles. The van der Waals surface area contributed by atoms with Crippen LogP contribution in [0.1, 0.15) is 44.0 Å². The van der Waals surface area contributed by atoms with Crippen LogP contribution >= 0.6 is 0 Å². The molecular weight excluding hydrogens is 294 g/mol. The van der Waals surface area contributed by atoms with Gasteiger partial charge >= 0.3 is 0 Å². The van der Waals surface area contributed by atoms with E-state index in [1.54, 1.807) is 33.5 Å². The minimum atomic E-state index is -0.00787. The SMILES string of the molecule is COc1cc(OC)c(C(=O)N(C2CC2)C(C)C(C)C)cc1OC. The number of nitrogens with zero attached hydrogens (tertiary/aromatic N) is 1. The Hall–Kier alpha value is -1.91. The van der Waals surface area contributed by atoms with Gasteiger partial charge in [-0.3, -0.25) is 4.79 Å². The Morgan fingerprint density at radius 2 is 1.52 bits per heavy atom. The second-order valence-electron chi connectivity index (χ2n) is 6.34. The first-order valence-electron chi connectivity index (χ1n) is 8.07. The number of hydrogen-bond acceptors (Lipinski definition) is 4. The first kappa shape index (κ1) is 17.4. The summed E-state index contributed by atoms with van der Waals surface area (Å²) >= 11 is 0. The summed E-state index contributed by atoms with van der Waals surface area (Å²) in [5, 5.41) is 0. The van der Waals surface area contributed by atoms with Crippen LogP contribution in [0.15, 0.2) is 12.1 Å². The summed E-state index contributed by atoms with van der Waals surface area (Å²) in [6.07, 6.45) is 2.14. The zero-order valence-corrected chi connectivity index (χ0v) is 14.9. The lowest BCUT2D eigenvalue weighted by Gasteiger charge is -2.32. The molecule has 0 aliphatic heterocycles. The van der Waals surface area contributed by atoms with Crippen molar-refractivity contribution >= 4 is 5.91 Å². The number of hydrogen-bond donors (Lipinski definition) is 0. The summed E-state index contributed by atoms with van der Waals surface area (Å²) in [6.45, 7) is 6.38. The Kier molecular flexibility index (Phi) is 5.39. The highest BCUT2D eigenvalue weighted by Crippen LogP contribution is 2.38. The molecule has 0 spiro atoms. The molecule has 1 aliphatic rings. The molecule has 5 nitrogen and oxygen atoms in total. The maximum atomic E-state index is 13.2. The minimum Gasteiger partial charge on any atom is -0.496 e. The van der Waals surface area contributed by atoms with Gasteiger partial charge in [-0.25, -0.2) is 0 Å². The number of amides is 1. The van der Waals surface area contributed by atoms with Gasteiger partial charge in [0.2, 0.25) is 0 Å². The highest BCUT2D eigenvalue weighted by atomic mass is 16.5. The fourth-order valence-electron chi connectivity index (χ4n) is 2.69. The van der Waals surface area contributed by atoms with Crippen molar-refractivity contribution in [3.05, 3.63) is 17.7 Å². The molecule has 2 rings (SSSR count). The predicted octanol–water partition coefficient (Wildman–Crippen LogP) is 3.36. The van der Waals surface area contributed by atoms with Crippen LogP contribution in [0.5, 0.6) is 17.2 Å². The Morgan fingerprint density at radius 3 is 1.96 bits per heavy atom. The lowest BCUT2D eigenvalue weighted by atomic mass is 10.0. The van der Waals surface area contributed by atoms with Gasteiger partial charge in [0.05, 0.1) is 26.9 Å². The number of benzene rings is 1. The first-order chi connectivity index (χ1) is 10.9. The van der Waals surface area contributed by atoms with Crippen molar-refractivity contribution in [2.24, 2.45) is 5.92 Å². The van der Waals surface area contributed by atoms with E-state index in [9.17, 15) is 4.79 Å². The lowest BCUT2D eigenvalue weighted by molar-refractivity contribution is 0.0624. The van der Waals surface area contributed by atoms with Crippen molar-refractivity contribution in [3.8, 4) is 17.2 Å². The van der Waals surface area contributed by atoms with Crippen LogP contribution < -0.4 is 14.2 Å². The van der Waals surface area contributed by atoms with E-state index in [-0.39, 0.29) is 11.9 Å². The zero-order chi connectivity index (χ0) is 17.1. The van der Waals surface area contributed by atoms with Gasteiger partial charge in [-0.05, 0) is 25.7 Å². The number of ether oxygens (including phenoxy) is 3. The molecule has 0 aromatic heterocycles. The van der Waals surface area contributed by atoms with Crippen LogP contribution in [0, 0.1) is 5.92 Å². The van der Waals surface area contributed by atoms with Gasteiger partial charge in [0.15, 0.2) is 11.5 Å². The van der Waals surface area contributed by atoms with Gasteiger partial charge in [-0.1, -0.05) is 13.8 Å². The molecule has 1 aromatic carbocycles. The van der Waals surface area contributed by atoms with Crippen LogP contribution in [0.2, 0.25) is 0 Å². The van der Waals surface area contributed by atoms with E-state index in [1.807, 2.05) is 4.90 Å². The number of rotatable bonds is 7. The van der Waals surface area contributed by atoms with Crippen LogP contribution in [0.3, 0.4) is 0 Å². The Morgan fingerprint density at radius 1 is 1.00 bits per heavy atom. The van der Waals surface area contributed by atoms with Crippen molar-refractivity contribution < 1.29 is 19.0 Å². The molecule has 0 heterocycles. The van der Waals surface area contributed by atoms with Gasteiger partial charge in [0.1, 0.15) is 5.75 Å². The normalized spacial score (nSPS) is 15.3. The van der Waals surface area contributed by atoms with Crippen molar-refractivity contribution in [1.82, 2.24) is 4.90 Å². The Bertz CT molecular complexity index is 566. The van der Waals surface area contributed by atoms with Crippen LogP contribution in [0.4, 0.5) is 0 Å². The molecular formula is C18H27NO4. The molecule has 0 N–H and O–H groups in total. The maximum absolute atomic E-state index is 13.2. The summed E-state index contributed by atoms with van der Waals surface area (Å²) in [6, 6.07) is 3.92. The van der Waals surface area contributed by atoms with Crippen LogP contribution in [-0.4, -0.2) is 44.2 Å². The van der Waals surface area contributed by atoms with E-state index < -0.39 is 0 Å². The second kappa shape index (κ2) is 7.11. The average Bonchev–Trinajstić information content (AvgIpc) is 3.37. The molecule has 1 aromatic rings. The lowest BCUT2D eigenvalue weighted by Crippen LogP contribution is -2.43. The van der Waals surface area contributed by atoms with E-state index in [2.05, 4.69) is 20.8 Å². The summed E-state index contributed by atoms with van der Waals surface area (Å²) < 4.78 is 16.0. The van der Waals surface area contributed by atoms with Crippen LogP contribution in [0.25, 0.3) is 0 Å². The number of carbonyl (C=O) groups is 1. The molecule has 1 unspecified atom stereocenters. The fourth-order valence-corrected chi connectivity index (χ4v) is 2.69. The van der Waals surface area contributed by atoms with E-state index in [0.29, 0.717) is 34.8 Å². The Labute approximate surface area is 138 Å². The van der Waals surface area contributed by atoms with E-state index in [1.165, 1.54) is 0 Å². The molecule has 0 radical (unpaired) electrons. The van der Waals surface area contributed by atoms with Crippen molar-refractivity contribution in [2.75, 3.05) is 21.3 Å². The molecule has 23 heavy (non-hydrogen) atoms. The van der Waals surface area contributed by atoms with Crippen molar-refractivity contribution in [1.29, 1.82) is 0 Å².